The monoisotopic (exact) mass is 203 g/mol. The van der Waals surface area contributed by atoms with E-state index < -0.39 is 5.97 Å². The molecule has 0 aliphatic carbocycles. The second-order valence-electron chi connectivity index (χ2n) is 3.21. The Balaban J connectivity index is 2.96. The van der Waals surface area contributed by atoms with E-state index >= 15 is 0 Å². The number of fused-ring (bicyclic) bond motifs is 1. The van der Waals surface area contributed by atoms with Gasteiger partial charge >= 0.3 is 5.97 Å². The number of nitrogens with two attached hydrogens (primary N) is 1. The quantitative estimate of drug-likeness (QED) is 0.617. The summed E-state index contributed by atoms with van der Waals surface area (Å²) >= 11 is 0. The minimum atomic E-state index is -1.08. The Morgan fingerprint density at radius 3 is 2.60 bits per heavy atom. The van der Waals surface area contributed by atoms with Crippen LogP contribution < -0.4 is 5.73 Å². The van der Waals surface area contributed by atoms with E-state index in [0.29, 0.717) is 11.1 Å². The lowest BCUT2D eigenvalue weighted by molar-refractivity contribution is 0.0699. The van der Waals surface area contributed by atoms with Crippen molar-refractivity contribution in [1.29, 1.82) is 0 Å². The number of aromatic hydroxyl groups is 1. The van der Waals surface area contributed by atoms with Crippen molar-refractivity contribution in [3.05, 3.63) is 35.9 Å². The fourth-order valence-electron chi connectivity index (χ4n) is 1.59. The van der Waals surface area contributed by atoms with Gasteiger partial charge in [0.2, 0.25) is 0 Å². The number of carboxylic acids is 1. The molecule has 0 radical (unpaired) electrons. The maximum Gasteiger partial charge on any atom is 0.336 e. The summed E-state index contributed by atoms with van der Waals surface area (Å²) in [6.45, 7) is 0. The van der Waals surface area contributed by atoms with Gasteiger partial charge in [0.05, 0.1) is 5.56 Å². The van der Waals surface area contributed by atoms with Gasteiger partial charge in [-0.05, 0) is 18.2 Å². The average molecular weight is 203 g/mol. The summed E-state index contributed by atoms with van der Waals surface area (Å²) in [7, 11) is 0. The van der Waals surface area contributed by atoms with Crippen molar-refractivity contribution >= 4 is 22.4 Å². The van der Waals surface area contributed by atoms with Crippen molar-refractivity contribution in [1.82, 2.24) is 0 Å². The standard InChI is InChI=1S/C11H9NO3/c12-8-5-4-7(11(14)15)10-6(8)2-1-3-9(10)13/h1-5,13H,12H2,(H,14,15). The lowest BCUT2D eigenvalue weighted by Gasteiger charge is -2.06. The van der Waals surface area contributed by atoms with Gasteiger partial charge in [-0.25, -0.2) is 4.79 Å². The molecule has 0 aliphatic heterocycles. The fraction of sp³-hybridized carbons (Fsp3) is 0. The summed E-state index contributed by atoms with van der Waals surface area (Å²) < 4.78 is 0. The predicted octanol–water partition coefficient (Wildman–Crippen LogP) is 1.83. The molecule has 15 heavy (non-hydrogen) atoms. The Kier molecular flexibility index (Phi) is 1.97. The number of rotatable bonds is 1. The van der Waals surface area contributed by atoms with E-state index in [0.717, 1.165) is 0 Å². The molecule has 0 saturated carbocycles. The normalized spacial score (nSPS) is 10.4. The molecule has 0 amide bonds. The highest BCUT2D eigenvalue weighted by molar-refractivity contribution is 6.09. The molecule has 0 saturated heterocycles. The highest BCUT2D eigenvalue weighted by atomic mass is 16.4. The van der Waals surface area contributed by atoms with Crippen molar-refractivity contribution in [2.24, 2.45) is 0 Å². The Labute approximate surface area is 85.6 Å². The number of hydrogen-bond acceptors (Lipinski definition) is 3. The van der Waals surface area contributed by atoms with E-state index in [-0.39, 0.29) is 16.7 Å². The molecule has 0 aromatic heterocycles. The van der Waals surface area contributed by atoms with Gasteiger partial charge in [0.1, 0.15) is 5.75 Å². The second-order valence-corrected chi connectivity index (χ2v) is 3.21. The number of carboxylic acid groups (broad SMARTS) is 1. The largest absolute Gasteiger partial charge is 0.507 e. The number of phenolic OH excluding ortho intramolecular Hbond substituents is 1. The SMILES string of the molecule is Nc1ccc(C(=O)O)c2c(O)cccc12. The van der Waals surface area contributed by atoms with Crippen molar-refractivity contribution < 1.29 is 15.0 Å². The molecule has 4 nitrogen and oxygen atoms in total. The van der Waals surface area contributed by atoms with Gasteiger partial charge in [0, 0.05) is 16.5 Å². The van der Waals surface area contributed by atoms with Crippen LogP contribution in [0.4, 0.5) is 5.69 Å². The summed E-state index contributed by atoms with van der Waals surface area (Å²) in [6, 6.07) is 7.65. The molecule has 0 heterocycles. The van der Waals surface area contributed by atoms with Crippen LogP contribution in [0, 0.1) is 0 Å². The molecule has 0 fully saturated rings. The van der Waals surface area contributed by atoms with Crippen molar-refractivity contribution in [2.75, 3.05) is 5.73 Å². The number of carbonyl (C=O) groups is 1. The molecule has 0 spiro atoms. The van der Waals surface area contributed by atoms with Gasteiger partial charge in [-0.15, -0.1) is 0 Å². The number of aromatic carboxylic acids is 1. The zero-order chi connectivity index (χ0) is 11.0. The van der Waals surface area contributed by atoms with Crippen LogP contribution >= 0.6 is 0 Å². The first-order chi connectivity index (χ1) is 7.11. The summed E-state index contributed by atoms with van der Waals surface area (Å²) in [6.07, 6.45) is 0. The predicted molar refractivity (Wildman–Crippen MR) is 57.0 cm³/mol. The summed E-state index contributed by atoms with van der Waals surface area (Å²) in [5.41, 5.74) is 6.19. The van der Waals surface area contributed by atoms with Gasteiger partial charge in [0.15, 0.2) is 0 Å². The van der Waals surface area contributed by atoms with Gasteiger partial charge < -0.3 is 15.9 Å². The van der Waals surface area contributed by atoms with E-state index in [1.54, 1.807) is 12.1 Å². The minimum Gasteiger partial charge on any atom is -0.507 e. The summed E-state index contributed by atoms with van der Waals surface area (Å²) in [5, 5.41) is 19.4. The number of anilines is 1. The number of phenols is 1. The lowest BCUT2D eigenvalue weighted by atomic mass is 10.0. The molecule has 2 aromatic carbocycles. The molecule has 2 rings (SSSR count). The molecule has 0 bridgehead atoms. The Hall–Kier alpha value is -2.23. The molecule has 0 unspecified atom stereocenters. The van der Waals surface area contributed by atoms with E-state index in [9.17, 15) is 9.90 Å². The van der Waals surface area contributed by atoms with Crippen LogP contribution in [-0.4, -0.2) is 16.2 Å². The van der Waals surface area contributed by atoms with Crippen LogP contribution in [0.3, 0.4) is 0 Å². The van der Waals surface area contributed by atoms with Crippen LogP contribution in [0.5, 0.6) is 5.75 Å². The summed E-state index contributed by atoms with van der Waals surface area (Å²) in [5.74, 6) is -1.15. The van der Waals surface area contributed by atoms with Crippen LogP contribution in [-0.2, 0) is 0 Å². The zero-order valence-electron chi connectivity index (χ0n) is 7.77. The van der Waals surface area contributed by atoms with Gasteiger partial charge in [0.25, 0.3) is 0 Å². The zero-order valence-corrected chi connectivity index (χ0v) is 7.77. The third kappa shape index (κ3) is 1.36. The Morgan fingerprint density at radius 1 is 1.20 bits per heavy atom. The molecule has 76 valence electrons. The molecule has 0 aliphatic rings. The van der Waals surface area contributed by atoms with Gasteiger partial charge in [-0.1, -0.05) is 12.1 Å². The minimum absolute atomic E-state index is 0.0531. The smallest absolute Gasteiger partial charge is 0.336 e. The molecule has 2 aromatic rings. The van der Waals surface area contributed by atoms with Crippen molar-refractivity contribution in [2.45, 2.75) is 0 Å². The lowest BCUT2D eigenvalue weighted by Crippen LogP contribution is -1.99. The van der Waals surface area contributed by atoms with E-state index in [1.807, 2.05) is 0 Å². The van der Waals surface area contributed by atoms with Crippen LogP contribution in [0.2, 0.25) is 0 Å². The number of hydrogen-bond donors (Lipinski definition) is 3. The average Bonchev–Trinajstić information content (AvgIpc) is 2.19. The van der Waals surface area contributed by atoms with Crippen molar-refractivity contribution in [3.8, 4) is 5.75 Å². The summed E-state index contributed by atoms with van der Waals surface area (Å²) in [4.78, 5) is 10.9. The maximum absolute atomic E-state index is 10.9. The molecule has 4 N–H and O–H groups in total. The topological polar surface area (TPSA) is 83.6 Å². The molecule has 0 atom stereocenters. The van der Waals surface area contributed by atoms with E-state index in [2.05, 4.69) is 0 Å². The maximum atomic E-state index is 10.9. The van der Waals surface area contributed by atoms with Gasteiger partial charge in [-0.2, -0.15) is 0 Å². The van der Waals surface area contributed by atoms with Gasteiger partial charge in [-0.3, -0.25) is 0 Å². The molecular formula is C11H9NO3. The first-order valence-electron chi connectivity index (χ1n) is 4.34. The first-order valence-corrected chi connectivity index (χ1v) is 4.34. The number of benzene rings is 2. The number of nitrogen functional groups attached to an aromatic ring is 1. The van der Waals surface area contributed by atoms with Crippen LogP contribution in [0.1, 0.15) is 10.4 Å². The van der Waals surface area contributed by atoms with E-state index in [1.165, 1.54) is 18.2 Å². The van der Waals surface area contributed by atoms with Crippen LogP contribution in [0.25, 0.3) is 10.8 Å². The van der Waals surface area contributed by atoms with E-state index in [4.69, 9.17) is 10.8 Å². The Bertz CT molecular complexity index is 549. The fourth-order valence-corrected chi connectivity index (χ4v) is 1.59. The third-order valence-electron chi connectivity index (χ3n) is 2.28. The molecular weight excluding hydrogens is 194 g/mol. The Morgan fingerprint density at radius 2 is 1.93 bits per heavy atom. The van der Waals surface area contributed by atoms with Crippen molar-refractivity contribution in [3.63, 3.8) is 0 Å². The second kappa shape index (κ2) is 3.16. The third-order valence-corrected chi connectivity index (χ3v) is 2.28. The highest BCUT2D eigenvalue weighted by Crippen LogP contribution is 2.31. The first kappa shape index (κ1) is 9.33. The molecule has 4 heteroatoms. The highest BCUT2D eigenvalue weighted by Gasteiger charge is 2.12. The van der Waals surface area contributed by atoms with Crippen LogP contribution in [0.15, 0.2) is 30.3 Å².